The zero-order valence-corrected chi connectivity index (χ0v) is 15.2. The molecule has 6 heteroatoms. The molecule has 0 radical (unpaired) electrons. The van der Waals surface area contributed by atoms with Gasteiger partial charge in [-0.2, -0.15) is 0 Å². The minimum atomic E-state index is -1.26. The van der Waals surface area contributed by atoms with Gasteiger partial charge in [-0.15, -0.1) is 0 Å². The van der Waals surface area contributed by atoms with Crippen LogP contribution in [0.4, 0.5) is 5.69 Å². The second-order valence-electron chi connectivity index (χ2n) is 6.25. The smallest absolute Gasteiger partial charge is 0.335 e. The predicted octanol–water partition coefficient (Wildman–Crippen LogP) is 2.28. The van der Waals surface area contributed by atoms with Gasteiger partial charge < -0.3 is 19.5 Å². The first-order valence-corrected chi connectivity index (χ1v) is 8.46. The van der Waals surface area contributed by atoms with Crippen LogP contribution in [0.15, 0.2) is 66.7 Å². The molecular formula is C21H21NO5. The number of ether oxygens (including phenoxy) is 2. The van der Waals surface area contributed by atoms with Crippen LogP contribution in [0, 0.1) is 0 Å². The van der Waals surface area contributed by atoms with Crippen molar-refractivity contribution in [1.29, 1.82) is 0 Å². The number of esters is 1. The first kappa shape index (κ1) is 18.7. The fourth-order valence-electron chi connectivity index (χ4n) is 3.33. The van der Waals surface area contributed by atoms with E-state index in [0.29, 0.717) is 11.4 Å². The van der Waals surface area contributed by atoms with Crippen molar-refractivity contribution >= 4 is 17.6 Å². The van der Waals surface area contributed by atoms with Gasteiger partial charge in [0.15, 0.2) is 0 Å². The lowest BCUT2D eigenvalue weighted by molar-refractivity contribution is -0.138. The number of hydrogen-bond donors (Lipinski definition) is 1. The van der Waals surface area contributed by atoms with Crippen molar-refractivity contribution in [3.8, 4) is 5.75 Å². The van der Waals surface area contributed by atoms with Crippen LogP contribution >= 0.6 is 0 Å². The van der Waals surface area contributed by atoms with Crippen LogP contribution in [0.3, 0.4) is 0 Å². The Morgan fingerprint density at radius 1 is 1.11 bits per heavy atom. The Labute approximate surface area is 157 Å². The van der Waals surface area contributed by atoms with E-state index in [9.17, 15) is 14.7 Å². The number of benzene rings is 2. The lowest BCUT2D eigenvalue weighted by Gasteiger charge is -2.49. The second-order valence-corrected chi connectivity index (χ2v) is 6.25. The predicted molar refractivity (Wildman–Crippen MR) is 101 cm³/mol. The quantitative estimate of drug-likeness (QED) is 0.482. The first-order valence-electron chi connectivity index (χ1n) is 8.46. The Morgan fingerprint density at radius 2 is 1.74 bits per heavy atom. The number of rotatable bonds is 6. The molecule has 6 nitrogen and oxygen atoms in total. The highest BCUT2D eigenvalue weighted by atomic mass is 16.5. The van der Waals surface area contributed by atoms with Crippen LogP contribution < -0.4 is 9.64 Å². The zero-order chi connectivity index (χ0) is 19.6. The molecule has 1 heterocycles. The van der Waals surface area contributed by atoms with Crippen molar-refractivity contribution in [1.82, 2.24) is 0 Å². The largest absolute Gasteiger partial charge is 0.497 e. The van der Waals surface area contributed by atoms with E-state index >= 15 is 0 Å². The van der Waals surface area contributed by atoms with Gasteiger partial charge in [0.05, 0.1) is 31.8 Å². The van der Waals surface area contributed by atoms with E-state index < -0.39 is 24.0 Å². The highest BCUT2D eigenvalue weighted by Gasteiger charge is 2.53. The summed E-state index contributed by atoms with van der Waals surface area (Å²) in [6.07, 6.45) is -1.26. The van der Waals surface area contributed by atoms with E-state index in [1.54, 1.807) is 31.4 Å². The van der Waals surface area contributed by atoms with Gasteiger partial charge >= 0.3 is 5.97 Å². The summed E-state index contributed by atoms with van der Waals surface area (Å²) in [7, 11) is 2.78. The highest BCUT2D eigenvalue weighted by molar-refractivity contribution is 6.07. The van der Waals surface area contributed by atoms with Crippen molar-refractivity contribution in [3.05, 3.63) is 72.3 Å². The maximum absolute atomic E-state index is 12.9. The molecule has 0 bridgehead atoms. The van der Waals surface area contributed by atoms with Crippen molar-refractivity contribution in [2.75, 3.05) is 19.1 Å². The number of β-lactam (4-membered cyclic amide) rings is 1. The third-order valence-corrected chi connectivity index (χ3v) is 4.78. The van der Waals surface area contributed by atoms with Crippen LogP contribution in [0.5, 0.6) is 5.75 Å². The highest BCUT2D eigenvalue weighted by Crippen LogP contribution is 2.42. The van der Waals surface area contributed by atoms with Crippen molar-refractivity contribution in [2.24, 2.45) is 0 Å². The molecule has 1 fully saturated rings. The van der Waals surface area contributed by atoms with Crippen molar-refractivity contribution in [2.45, 2.75) is 18.1 Å². The number of aliphatic hydroxyl groups excluding tert-OH is 1. The summed E-state index contributed by atoms with van der Waals surface area (Å²) in [6, 6.07) is 15.4. The molecule has 0 spiro atoms. The summed E-state index contributed by atoms with van der Waals surface area (Å²) in [4.78, 5) is 26.3. The molecule has 27 heavy (non-hydrogen) atoms. The molecular weight excluding hydrogens is 346 g/mol. The molecule has 2 aromatic carbocycles. The van der Waals surface area contributed by atoms with Gasteiger partial charge in [0.25, 0.3) is 0 Å². The lowest BCUT2D eigenvalue weighted by atomic mass is 9.76. The van der Waals surface area contributed by atoms with Crippen molar-refractivity contribution < 1.29 is 24.2 Å². The van der Waals surface area contributed by atoms with E-state index in [0.717, 1.165) is 5.56 Å². The summed E-state index contributed by atoms with van der Waals surface area (Å²) in [5.41, 5.74) is 1.29. The van der Waals surface area contributed by atoms with Crippen molar-refractivity contribution in [3.63, 3.8) is 0 Å². The minimum Gasteiger partial charge on any atom is -0.497 e. The van der Waals surface area contributed by atoms with Crippen LogP contribution in [-0.4, -0.2) is 43.3 Å². The van der Waals surface area contributed by atoms with Gasteiger partial charge in [0, 0.05) is 5.69 Å². The van der Waals surface area contributed by atoms with Gasteiger partial charge in [-0.05, 0) is 29.8 Å². The molecule has 1 aliphatic heterocycles. The summed E-state index contributed by atoms with van der Waals surface area (Å²) in [6.45, 7) is 3.65. The van der Waals surface area contributed by atoms with Crippen LogP contribution in [-0.2, 0) is 14.3 Å². The molecule has 1 amide bonds. The van der Waals surface area contributed by atoms with Gasteiger partial charge in [-0.3, -0.25) is 4.79 Å². The second kappa shape index (κ2) is 7.63. The minimum absolute atomic E-state index is 0.0885. The molecule has 140 valence electrons. The van der Waals surface area contributed by atoms with Crippen LogP contribution in [0.2, 0.25) is 0 Å². The third-order valence-electron chi connectivity index (χ3n) is 4.78. The standard InChI is InChI=1S/C21H21NO5/c1-13(21(25)27-3)19(23)18-17(14-7-5-4-6-8-14)20(24)22(18)15-9-11-16(26-2)12-10-15/h4-12,17-19,23H,1H2,2-3H3/t17-,18+,19+/m1/s1. The first-order chi connectivity index (χ1) is 13.0. The molecule has 0 unspecified atom stereocenters. The molecule has 3 rings (SSSR count). The number of hydrogen-bond acceptors (Lipinski definition) is 5. The van der Waals surface area contributed by atoms with Gasteiger partial charge in [0.2, 0.25) is 5.91 Å². The van der Waals surface area contributed by atoms with E-state index in [2.05, 4.69) is 11.3 Å². The number of anilines is 1. The van der Waals surface area contributed by atoms with E-state index in [4.69, 9.17) is 4.74 Å². The maximum atomic E-state index is 12.9. The third kappa shape index (κ3) is 3.31. The number of aliphatic hydroxyl groups is 1. The Kier molecular flexibility index (Phi) is 5.28. The summed E-state index contributed by atoms with van der Waals surface area (Å²) >= 11 is 0. The topological polar surface area (TPSA) is 76.1 Å². The van der Waals surface area contributed by atoms with E-state index in [1.165, 1.54) is 12.0 Å². The van der Waals surface area contributed by atoms with Gasteiger partial charge in [-0.25, -0.2) is 4.79 Å². The number of carbonyl (C=O) groups excluding carboxylic acids is 2. The maximum Gasteiger partial charge on any atom is 0.335 e. The molecule has 1 saturated heterocycles. The Bertz CT molecular complexity index is 847. The SMILES string of the molecule is C=C(C(=O)OC)[C@H](O)[C@@H]1[C@@H](c2ccccc2)C(=O)N1c1ccc(OC)cc1. The average Bonchev–Trinajstić information content (AvgIpc) is 2.71. The normalized spacial score (nSPS) is 19.8. The molecule has 1 N–H and O–H groups in total. The van der Waals surface area contributed by atoms with Gasteiger partial charge in [-0.1, -0.05) is 36.9 Å². The molecule has 1 aliphatic rings. The summed E-state index contributed by atoms with van der Waals surface area (Å²) in [5, 5.41) is 10.8. The molecule has 0 aromatic heterocycles. The summed E-state index contributed by atoms with van der Waals surface area (Å²) in [5.74, 6) is -0.788. The van der Waals surface area contributed by atoms with Crippen LogP contribution in [0.1, 0.15) is 11.5 Å². The van der Waals surface area contributed by atoms with Crippen LogP contribution in [0.25, 0.3) is 0 Å². The van der Waals surface area contributed by atoms with E-state index in [1.807, 2.05) is 30.3 Å². The Morgan fingerprint density at radius 3 is 2.30 bits per heavy atom. The number of methoxy groups -OCH3 is 2. The number of carbonyl (C=O) groups is 2. The molecule has 0 aliphatic carbocycles. The molecule has 3 atom stereocenters. The monoisotopic (exact) mass is 367 g/mol. The average molecular weight is 367 g/mol. The Hall–Kier alpha value is -3.12. The number of amides is 1. The zero-order valence-electron chi connectivity index (χ0n) is 15.2. The summed E-state index contributed by atoms with van der Waals surface area (Å²) < 4.78 is 9.82. The fraction of sp³-hybridized carbons (Fsp3) is 0.238. The molecule has 2 aromatic rings. The fourth-order valence-corrected chi connectivity index (χ4v) is 3.33. The number of nitrogens with zero attached hydrogens (tertiary/aromatic N) is 1. The van der Waals surface area contributed by atoms with E-state index in [-0.39, 0.29) is 11.5 Å². The molecule has 0 saturated carbocycles. The van der Waals surface area contributed by atoms with Gasteiger partial charge in [0.1, 0.15) is 11.9 Å². The lowest BCUT2D eigenvalue weighted by Crippen LogP contribution is -2.65. The Balaban J connectivity index is 1.97.